The van der Waals surface area contributed by atoms with Crippen molar-refractivity contribution in [1.29, 1.82) is 0 Å². The Hall–Kier alpha value is -3.41. The molecule has 24 heavy (non-hydrogen) atoms. The summed E-state index contributed by atoms with van der Waals surface area (Å²) in [6.45, 7) is 0. The number of benzene rings is 2. The first-order chi connectivity index (χ1) is 11.7. The van der Waals surface area contributed by atoms with Crippen LogP contribution < -0.4 is 10.4 Å². The molecule has 0 saturated heterocycles. The molecule has 1 N–H and O–H groups in total. The molecule has 2 heterocycles. The third kappa shape index (κ3) is 2.44. The molecule has 2 aromatic heterocycles. The van der Waals surface area contributed by atoms with Crippen LogP contribution in [0.4, 0.5) is 0 Å². The highest BCUT2D eigenvalue weighted by atomic mass is 16.5. The van der Waals surface area contributed by atoms with Gasteiger partial charge in [0.1, 0.15) is 16.9 Å². The first-order valence-electron chi connectivity index (χ1n) is 7.35. The normalized spacial score (nSPS) is 10.9. The van der Waals surface area contributed by atoms with Crippen molar-refractivity contribution in [3.05, 3.63) is 65.0 Å². The van der Waals surface area contributed by atoms with Gasteiger partial charge in [0.25, 0.3) is 0 Å². The van der Waals surface area contributed by atoms with Crippen molar-refractivity contribution in [3.63, 3.8) is 0 Å². The van der Waals surface area contributed by atoms with Gasteiger partial charge in [-0.1, -0.05) is 18.2 Å². The molecule has 118 valence electrons. The zero-order chi connectivity index (χ0) is 16.5. The van der Waals surface area contributed by atoms with Gasteiger partial charge in [-0.2, -0.15) is 5.10 Å². The fourth-order valence-electron chi connectivity index (χ4n) is 2.48. The minimum absolute atomic E-state index is 0.348. The summed E-state index contributed by atoms with van der Waals surface area (Å²) < 4.78 is 10.5. The number of aromatic amines is 1. The Balaban J connectivity index is 1.76. The number of para-hydroxylation sites is 1. The number of aromatic nitrogens is 3. The fourth-order valence-corrected chi connectivity index (χ4v) is 2.48. The summed E-state index contributed by atoms with van der Waals surface area (Å²) in [5, 5.41) is 7.81. The molecule has 6 heteroatoms. The van der Waals surface area contributed by atoms with Crippen molar-refractivity contribution < 1.29 is 9.15 Å². The molecular weight excluding hydrogens is 306 g/mol. The smallest absolute Gasteiger partial charge is 0.347 e. The van der Waals surface area contributed by atoms with Gasteiger partial charge in [0.2, 0.25) is 0 Å². The van der Waals surface area contributed by atoms with Gasteiger partial charge in [0.05, 0.1) is 7.11 Å². The van der Waals surface area contributed by atoms with Gasteiger partial charge in [0, 0.05) is 10.9 Å². The van der Waals surface area contributed by atoms with Crippen molar-refractivity contribution >= 4 is 11.0 Å². The Kier molecular flexibility index (Phi) is 3.35. The van der Waals surface area contributed by atoms with Gasteiger partial charge in [-0.25, -0.2) is 9.78 Å². The van der Waals surface area contributed by atoms with E-state index in [1.807, 2.05) is 42.5 Å². The SMILES string of the molecule is COc1ccc(-c2n[nH]c(-c3cc4ccccc4oc3=O)n2)cc1. The molecule has 6 nitrogen and oxygen atoms in total. The summed E-state index contributed by atoms with van der Waals surface area (Å²) in [6, 6.07) is 16.5. The van der Waals surface area contributed by atoms with Crippen LogP contribution >= 0.6 is 0 Å². The number of rotatable bonds is 3. The van der Waals surface area contributed by atoms with Gasteiger partial charge in [-0.15, -0.1) is 0 Å². The molecule has 0 bridgehead atoms. The summed E-state index contributed by atoms with van der Waals surface area (Å²) in [7, 11) is 1.61. The second-order valence-corrected chi connectivity index (χ2v) is 5.22. The second kappa shape index (κ2) is 5.66. The van der Waals surface area contributed by atoms with Crippen LogP contribution in [0.25, 0.3) is 33.7 Å². The Morgan fingerprint density at radius 3 is 2.67 bits per heavy atom. The summed E-state index contributed by atoms with van der Waals surface area (Å²) in [5.41, 5.74) is 1.26. The van der Waals surface area contributed by atoms with E-state index in [9.17, 15) is 4.79 Å². The monoisotopic (exact) mass is 319 g/mol. The minimum atomic E-state index is -0.453. The van der Waals surface area contributed by atoms with Gasteiger partial charge in [0.15, 0.2) is 11.6 Å². The van der Waals surface area contributed by atoms with E-state index in [0.29, 0.717) is 22.8 Å². The molecule has 0 aliphatic rings. The Morgan fingerprint density at radius 2 is 1.88 bits per heavy atom. The molecule has 0 radical (unpaired) electrons. The lowest BCUT2D eigenvalue weighted by Crippen LogP contribution is -2.03. The van der Waals surface area contributed by atoms with Crippen LogP contribution in [-0.2, 0) is 0 Å². The summed E-state index contributed by atoms with van der Waals surface area (Å²) in [6.07, 6.45) is 0. The van der Waals surface area contributed by atoms with Crippen molar-refractivity contribution in [2.45, 2.75) is 0 Å². The maximum Gasteiger partial charge on any atom is 0.347 e. The van der Waals surface area contributed by atoms with Crippen LogP contribution in [0, 0.1) is 0 Å². The Bertz CT molecular complexity index is 1060. The average Bonchev–Trinajstić information content (AvgIpc) is 3.11. The van der Waals surface area contributed by atoms with Gasteiger partial charge in [-0.3, -0.25) is 5.10 Å². The molecule has 0 atom stereocenters. The molecular formula is C18H13N3O3. The summed E-state index contributed by atoms with van der Waals surface area (Å²) >= 11 is 0. The minimum Gasteiger partial charge on any atom is -0.497 e. The molecule has 4 rings (SSSR count). The largest absolute Gasteiger partial charge is 0.497 e. The second-order valence-electron chi connectivity index (χ2n) is 5.22. The number of hydrogen-bond donors (Lipinski definition) is 1. The molecule has 0 fully saturated rings. The number of fused-ring (bicyclic) bond motifs is 1. The van der Waals surface area contributed by atoms with E-state index in [1.165, 1.54) is 0 Å². The third-order valence-corrected chi connectivity index (χ3v) is 3.73. The first-order valence-corrected chi connectivity index (χ1v) is 7.35. The topological polar surface area (TPSA) is 81.0 Å². The van der Waals surface area contributed by atoms with Crippen LogP contribution in [-0.4, -0.2) is 22.3 Å². The third-order valence-electron chi connectivity index (χ3n) is 3.73. The van der Waals surface area contributed by atoms with E-state index in [1.54, 1.807) is 19.2 Å². The first kappa shape index (κ1) is 14.2. The van der Waals surface area contributed by atoms with Crippen LogP contribution in [0.15, 0.2) is 63.8 Å². The van der Waals surface area contributed by atoms with Crippen LogP contribution in [0.1, 0.15) is 0 Å². The summed E-state index contributed by atoms with van der Waals surface area (Å²) in [4.78, 5) is 16.6. The maximum atomic E-state index is 12.2. The highest BCUT2D eigenvalue weighted by Gasteiger charge is 2.13. The van der Waals surface area contributed by atoms with E-state index < -0.39 is 5.63 Å². The van der Waals surface area contributed by atoms with Crippen molar-refractivity contribution in [2.24, 2.45) is 0 Å². The Labute approximate surface area is 136 Å². The summed E-state index contributed by atoms with van der Waals surface area (Å²) in [5.74, 6) is 1.63. The zero-order valence-electron chi connectivity index (χ0n) is 12.8. The predicted octanol–water partition coefficient (Wildman–Crippen LogP) is 3.25. The highest BCUT2D eigenvalue weighted by Crippen LogP contribution is 2.22. The van der Waals surface area contributed by atoms with Crippen molar-refractivity contribution in [3.8, 4) is 28.5 Å². The van der Waals surface area contributed by atoms with Gasteiger partial charge < -0.3 is 9.15 Å². The number of nitrogens with zero attached hydrogens (tertiary/aromatic N) is 2. The predicted molar refractivity (Wildman–Crippen MR) is 89.8 cm³/mol. The van der Waals surface area contributed by atoms with Gasteiger partial charge in [-0.05, 0) is 36.4 Å². The number of methoxy groups -OCH3 is 1. The average molecular weight is 319 g/mol. The molecule has 0 aliphatic heterocycles. The number of hydrogen-bond acceptors (Lipinski definition) is 5. The molecule has 4 aromatic rings. The lowest BCUT2D eigenvalue weighted by Gasteiger charge is -2.00. The standard InChI is InChI=1S/C18H13N3O3/c1-23-13-8-6-11(7-9-13)16-19-17(21-20-16)14-10-12-4-2-3-5-15(12)24-18(14)22/h2-10H,1H3,(H,19,20,21). The molecule has 0 amide bonds. The number of H-pyrrole nitrogens is 1. The molecule has 0 aliphatic carbocycles. The van der Waals surface area contributed by atoms with Crippen LogP contribution in [0.3, 0.4) is 0 Å². The molecule has 0 unspecified atom stereocenters. The van der Waals surface area contributed by atoms with E-state index in [0.717, 1.165) is 16.7 Å². The highest BCUT2D eigenvalue weighted by molar-refractivity contribution is 5.80. The fraction of sp³-hybridized carbons (Fsp3) is 0.0556. The quantitative estimate of drug-likeness (QED) is 0.586. The van der Waals surface area contributed by atoms with Crippen molar-refractivity contribution in [1.82, 2.24) is 15.2 Å². The lowest BCUT2D eigenvalue weighted by atomic mass is 10.2. The number of ether oxygens (including phenoxy) is 1. The van der Waals surface area contributed by atoms with E-state index in [2.05, 4.69) is 15.2 Å². The maximum absolute atomic E-state index is 12.2. The van der Waals surface area contributed by atoms with E-state index in [-0.39, 0.29) is 0 Å². The zero-order valence-corrected chi connectivity index (χ0v) is 12.8. The molecule has 0 saturated carbocycles. The number of nitrogens with one attached hydrogen (secondary N) is 1. The van der Waals surface area contributed by atoms with Gasteiger partial charge >= 0.3 is 5.63 Å². The van der Waals surface area contributed by atoms with Crippen LogP contribution in [0.5, 0.6) is 5.75 Å². The van der Waals surface area contributed by atoms with Crippen LogP contribution in [0.2, 0.25) is 0 Å². The molecule has 2 aromatic carbocycles. The van der Waals surface area contributed by atoms with E-state index >= 15 is 0 Å². The lowest BCUT2D eigenvalue weighted by molar-refractivity contribution is 0.415. The van der Waals surface area contributed by atoms with E-state index in [4.69, 9.17) is 9.15 Å². The van der Waals surface area contributed by atoms with Crippen molar-refractivity contribution in [2.75, 3.05) is 7.11 Å². The molecule has 0 spiro atoms. The Morgan fingerprint density at radius 1 is 1.08 bits per heavy atom.